The van der Waals surface area contributed by atoms with Gasteiger partial charge in [0, 0.05) is 31.8 Å². The van der Waals surface area contributed by atoms with Crippen molar-refractivity contribution in [3.63, 3.8) is 0 Å². The normalized spacial score (nSPS) is 17.7. The van der Waals surface area contributed by atoms with Crippen LogP contribution in [0.25, 0.3) is 11.1 Å². The number of amides is 2. The van der Waals surface area contributed by atoms with Gasteiger partial charge in [0.2, 0.25) is 0 Å². The van der Waals surface area contributed by atoms with Crippen LogP contribution in [0.2, 0.25) is 0 Å². The molecule has 1 aliphatic rings. The van der Waals surface area contributed by atoms with Gasteiger partial charge >= 0.3 is 6.03 Å². The zero-order chi connectivity index (χ0) is 18.2. The Kier molecular flexibility index (Phi) is 6.63. The molecule has 1 aliphatic heterocycles. The van der Waals surface area contributed by atoms with Gasteiger partial charge in [-0.25, -0.2) is 4.79 Å². The van der Waals surface area contributed by atoms with E-state index in [1.165, 1.54) is 0 Å². The molecular weight excluding hydrogens is 326 g/mol. The van der Waals surface area contributed by atoms with Crippen molar-refractivity contribution < 1.29 is 9.90 Å². The molecule has 3 rings (SSSR count). The Bertz CT molecular complexity index is 705. The van der Waals surface area contributed by atoms with Crippen LogP contribution in [-0.4, -0.2) is 48.8 Å². The molecule has 5 heteroatoms. The van der Waals surface area contributed by atoms with Gasteiger partial charge < -0.3 is 20.6 Å². The number of aliphatic hydroxyl groups is 1. The lowest BCUT2D eigenvalue weighted by Gasteiger charge is -2.31. The molecule has 0 saturated carbocycles. The second kappa shape index (κ2) is 9.36. The molecule has 1 saturated heterocycles. The van der Waals surface area contributed by atoms with Crippen molar-refractivity contribution in [3.8, 4) is 11.1 Å². The predicted octanol–water partition coefficient (Wildman–Crippen LogP) is 3.18. The number of carbonyl (C=O) groups excluding carboxylic acids is 1. The highest BCUT2D eigenvalue weighted by molar-refractivity contribution is 5.94. The third kappa shape index (κ3) is 5.07. The summed E-state index contributed by atoms with van der Waals surface area (Å²) >= 11 is 0. The van der Waals surface area contributed by atoms with Gasteiger partial charge in [0.25, 0.3) is 0 Å². The van der Waals surface area contributed by atoms with E-state index in [9.17, 15) is 9.90 Å². The van der Waals surface area contributed by atoms with Crippen LogP contribution in [0, 0.1) is 5.92 Å². The van der Waals surface area contributed by atoms with Gasteiger partial charge in [0.05, 0.1) is 5.69 Å². The third-order valence-electron chi connectivity index (χ3n) is 4.83. The average molecular weight is 353 g/mol. The molecule has 2 amide bonds. The summed E-state index contributed by atoms with van der Waals surface area (Å²) in [5, 5.41) is 15.2. The van der Waals surface area contributed by atoms with E-state index in [1.54, 1.807) is 0 Å². The molecular formula is C21H27N3O2. The zero-order valence-corrected chi connectivity index (χ0v) is 15.0. The Balaban J connectivity index is 1.51. The van der Waals surface area contributed by atoms with Crippen LogP contribution >= 0.6 is 0 Å². The van der Waals surface area contributed by atoms with Crippen molar-refractivity contribution in [2.45, 2.75) is 12.8 Å². The van der Waals surface area contributed by atoms with Crippen molar-refractivity contribution >= 4 is 11.7 Å². The first-order valence-corrected chi connectivity index (χ1v) is 9.29. The number of hydrogen-bond donors (Lipinski definition) is 3. The molecule has 0 unspecified atom stereocenters. The molecule has 1 heterocycles. The van der Waals surface area contributed by atoms with Crippen LogP contribution in [0.3, 0.4) is 0 Å². The lowest BCUT2D eigenvalue weighted by Crippen LogP contribution is -2.42. The standard InChI is InChI=1S/C21H27N3O2/c25-16-17-7-6-13-24(15-17)14-12-22-21(26)23-20-11-5-4-10-19(20)18-8-2-1-3-9-18/h1-5,8-11,17,25H,6-7,12-16H2,(H2,22,23,26)/t17-/m0/s1. The van der Waals surface area contributed by atoms with Gasteiger partial charge in [-0.05, 0) is 36.9 Å². The molecule has 0 bridgehead atoms. The lowest BCUT2D eigenvalue weighted by atomic mass is 9.99. The third-order valence-corrected chi connectivity index (χ3v) is 4.83. The number of carbonyl (C=O) groups is 1. The molecule has 0 aromatic heterocycles. The molecule has 1 fully saturated rings. The van der Waals surface area contributed by atoms with Crippen molar-refractivity contribution in [3.05, 3.63) is 54.6 Å². The monoisotopic (exact) mass is 353 g/mol. The number of urea groups is 1. The topological polar surface area (TPSA) is 64.6 Å². The van der Waals surface area contributed by atoms with Crippen LogP contribution in [-0.2, 0) is 0 Å². The molecule has 0 radical (unpaired) electrons. The SMILES string of the molecule is O=C(NCCN1CCC[C@H](CO)C1)Nc1ccccc1-c1ccccc1. The fourth-order valence-corrected chi connectivity index (χ4v) is 3.46. The summed E-state index contributed by atoms with van der Waals surface area (Å²) in [5.41, 5.74) is 2.88. The van der Waals surface area contributed by atoms with E-state index >= 15 is 0 Å². The number of rotatable bonds is 6. The lowest BCUT2D eigenvalue weighted by molar-refractivity contribution is 0.121. The minimum atomic E-state index is -0.191. The molecule has 2 aromatic rings. The van der Waals surface area contributed by atoms with E-state index in [4.69, 9.17) is 0 Å². The van der Waals surface area contributed by atoms with Gasteiger partial charge in [0.1, 0.15) is 0 Å². The van der Waals surface area contributed by atoms with Crippen LogP contribution < -0.4 is 10.6 Å². The van der Waals surface area contributed by atoms with Crippen LogP contribution in [0.4, 0.5) is 10.5 Å². The van der Waals surface area contributed by atoms with Gasteiger partial charge in [-0.15, -0.1) is 0 Å². The van der Waals surface area contributed by atoms with E-state index in [0.717, 1.165) is 49.3 Å². The number of benzene rings is 2. The van der Waals surface area contributed by atoms with Gasteiger partial charge in [0.15, 0.2) is 0 Å². The highest BCUT2D eigenvalue weighted by Gasteiger charge is 2.18. The molecule has 2 aromatic carbocycles. The molecule has 5 nitrogen and oxygen atoms in total. The van der Waals surface area contributed by atoms with E-state index in [1.807, 2.05) is 54.6 Å². The second-order valence-corrected chi connectivity index (χ2v) is 6.78. The fraction of sp³-hybridized carbons (Fsp3) is 0.381. The number of piperidine rings is 1. The average Bonchev–Trinajstić information content (AvgIpc) is 2.69. The molecule has 138 valence electrons. The summed E-state index contributed by atoms with van der Waals surface area (Å²) in [6.45, 7) is 3.61. The molecule has 0 spiro atoms. The van der Waals surface area contributed by atoms with Crippen LogP contribution in [0.1, 0.15) is 12.8 Å². The van der Waals surface area contributed by atoms with E-state index < -0.39 is 0 Å². The number of nitrogens with zero attached hydrogens (tertiary/aromatic N) is 1. The van der Waals surface area contributed by atoms with Crippen LogP contribution in [0.15, 0.2) is 54.6 Å². The second-order valence-electron chi connectivity index (χ2n) is 6.78. The summed E-state index contributed by atoms with van der Waals surface area (Å²) in [4.78, 5) is 14.6. The number of nitrogens with one attached hydrogen (secondary N) is 2. The van der Waals surface area contributed by atoms with Crippen molar-refractivity contribution in [2.24, 2.45) is 5.92 Å². The van der Waals surface area contributed by atoms with Crippen molar-refractivity contribution in [1.29, 1.82) is 0 Å². The summed E-state index contributed by atoms with van der Waals surface area (Å²) in [6.07, 6.45) is 2.21. The number of para-hydroxylation sites is 1. The summed E-state index contributed by atoms with van der Waals surface area (Å²) in [7, 11) is 0. The summed E-state index contributed by atoms with van der Waals surface area (Å²) in [5.74, 6) is 0.371. The zero-order valence-electron chi connectivity index (χ0n) is 15.0. The molecule has 3 N–H and O–H groups in total. The molecule has 26 heavy (non-hydrogen) atoms. The van der Waals surface area contributed by atoms with Gasteiger partial charge in [-0.2, -0.15) is 0 Å². The van der Waals surface area contributed by atoms with Gasteiger partial charge in [-0.1, -0.05) is 48.5 Å². The van der Waals surface area contributed by atoms with E-state index in [0.29, 0.717) is 12.5 Å². The maximum atomic E-state index is 12.3. The predicted molar refractivity (Wildman–Crippen MR) is 105 cm³/mol. The maximum Gasteiger partial charge on any atom is 0.319 e. The minimum absolute atomic E-state index is 0.191. The fourth-order valence-electron chi connectivity index (χ4n) is 3.46. The minimum Gasteiger partial charge on any atom is -0.396 e. The van der Waals surface area contributed by atoms with E-state index in [2.05, 4.69) is 15.5 Å². The Morgan fingerprint density at radius 1 is 1.12 bits per heavy atom. The van der Waals surface area contributed by atoms with Crippen molar-refractivity contribution in [2.75, 3.05) is 38.1 Å². The first-order chi connectivity index (χ1) is 12.8. The summed E-state index contributed by atoms with van der Waals surface area (Å²) < 4.78 is 0. The Morgan fingerprint density at radius 2 is 1.88 bits per heavy atom. The number of likely N-dealkylation sites (tertiary alicyclic amines) is 1. The smallest absolute Gasteiger partial charge is 0.319 e. The number of hydrogen-bond acceptors (Lipinski definition) is 3. The van der Waals surface area contributed by atoms with Gasteiger partial charge in [-0.3, -0.25) is 0 Å². The molecule has 1 atom stereocenters. The first kappa shape index (κ1) is 18.4. The Morgan fingerprint density at radius 3 is 2.69 bits per heavy atom. The maximum absolute atomic E-state index is 12.3. The summed E-state index contributed by atoms with van der Waals surface area (Å²) in [6, 6.07) is 17.7. The number of aliphatic hydroxyl groups excluding tert-OH is 1. The number of anilines is 1. The largest absolute Gasteiger partial charge is 0.396 e. The highest BCUT2D eigenvalue weighted by atomic mass is 16.3. The highest BCUT2D eigenvalue weighted by Crippen LogP contribution is 2.27. The Labute approximate surface area is 155 Å². The van der Waals surface area contributed by atoms with E-state index in [-0.39, 0.29) is 12.6 Å². The Hall–Kier alpha value is -2.37. The first-order valence-electron chi connectivity index (χ1n) is 9.29. The quantitative estimate of drug-likeness (QED) is 0.747. The van der Waals surface area contributed by atoms with Crippen molar-refractivity contribution in [1.82, 2.24) is 10.2 Å². The molecule has 0 aliphatic carbocycles. The van der Waals surface area contributed by atoms with Crippen LogP contribution in [0.5, 0.6) is 0 Å².